The molecule has 140 valence electrons. The third kappa shape index (κ3) is 7.13. The second-order valence-corrected chi connectivity index (χ2v) is 6.17. The van der Waals surface area contributed by atoms with Crippen LogP contribution in [0.5, 0.6) is 5.75 Å². The standard InChI is InChI=1S/C21H27FN2O2/c1-2-3-4-5-8-14-26-18-11-9-10-17(15-18)23-16-21(25)24-20-13-7-6-12-19(20)22/h6-7,9-13,15,23H,2-5,8,14,16H2,1H3,(H,24,25). The number of carbonyl (C=O) groups excluding carboxylic acids is 1. The highest BCUT2D eigenvalue weighted by atomic mass is 19.1. The Kier molecular flexibility index (Phi) is 8.46. The number of anilines is 2. The Morgan fingerprint density at radius 2 is 1.85 bits per heavy atom. The number of nitrogens with one attached hydrogen (secondary N) is 2. The summed E-state index contributed by atoms with van der Waals surface area (Å²) in [6, 6.07) is 13.6. The average Bonchev–Trinajstić information content (AvgIpc) is 2.65. The third-order valence-corrected chi connectivity index (χ3v) is 3.95. The van der Waals surface area contributed by atoms with Gasteiger partial charge >= 0.3 is 0 Å². The number of hydrogen-bond donors (Lipinski definition) is 2. The molecular weight excluding hydrogens is 331 g/mol. The molecule has 0 saturated heterocycles. The lowest BCUT2D eigenvalue weighted by Crippen LogP contribution is -2.22. The summed E-state index contributed by atoms with van der Waals surface area (Å²) in [5.41, 5.74) is 0.969. The van der Waals surface area contributed by atoms with Crippen molar-refractivity contribution in [1.82, 2.24) is 0 Å². The van der Waals surface area contributed by atoms with E-state index < -0.39 is 5.82 Å². The number of benzene rings is 2. The van der Waals surface area contributed by atoms with Gasteiger partial charge in [0.25, 0.3) is 0 Å². The molecule has 1 amide bonds. The summed E-state index contributed by atoms with van der Waals surface area (Å²) in [6.45, 7) is 2.95. The number of unbranched alkanes of at least 4 members (excludes halogenated alkanes) is 4. The minimum Gasteiger partial charge on any atom is -0.494 e. The first-order valence-corrected chi connectivity index (χ1v) is 9.20. The molecule has 0 spiro atoms. The van der Waals surface area contributed by atoms with Gasteiger partial charge in [-0.15, -0.1) is 0 Å². The number of hydrogen-bond acceptors (Lipinski definition) is 3. The molecule has 0 unspecified atom stereocenters. The van der Waals surface area contributed by atoms with Gasteiger partial charge in [-0.2, -0.15) is 0 Å². The molecule has 0 aliphatic rings. The zero-order valence-corrected chi connectivity index (χ0v) is 15.3. The third-order valence-electron chi connectivity index (χ3n) is 3.95. The van der Waals surface area contributed by atoms with Gasteiger partial charge in [-0.25, -0.2) is 4.39 Å². The van der Waals surface area contributed by atoms with Crippen LogP contribution < -0.4 is 15.4 Å². The molecule has 4 nitrogen and oxygen atoms in total. The fourth-order valence-electron chi connectivity index (χ4n) is 2.53. The van der Waals surface area contributed by atoms with E-state index in [2.05, 4.69) is 17.6 Å². The molecule has 2 rings (SSSR count). The van der Waals surface area contributed by atoms with Gasteiger partial charge in [-0.05, 0) is 30.7 Å². The zero-order chi connectivity index (χ0) is 18.6. The van der Waals surface area contributed by atoms with E-state index in [9.17, 15) is 9.18 Å². The largest absolute Gasteiger partial charge is 0.494 e. The Balaban J connectivity index is 1.74. The molecule has 0 atom stereocenters. The number of halogens is 1. The first kappa shape index (κ1) is 19.8. The van der Waals surface area contributed by atoms with Crippen LogP contribution in [0.15, 0.2) is 48.5 Å². The SMILES string of the molecule is CCCCCCCOc1cccc(NCC(=O)Nc2ccccc2F)c1. The summed E-state index contributed by atoms with van der Waals surface area (Å²) in [5.74, 6) is 0.0209. The van der Waals surface area contributed by atoms with E-state index in [4.69, 9.17) is 4.74 Å². The minimum atomic E-state index is -0.449. The van der Waals surface area contributed by atoms with E-state index in [-0.39, 0.29) is 18.1 Å². The Morgan fingerprint density at radius 3 is 2.65 bits per heavy atom. The maximum atomic E-state index is 13.5. The number of rotatable bonds is 11. The van der Waals surface area contributed by atoms with Crippen LogP contribution in [0.1, 0.15) is 39.0 Å². The predicted octanol–water partition coefficient (Wildman–Crippen LogP) is 5.23. The highest BCUT2D eigenvalue weighted by Gasteiger charge is 2.06. The summed E-state index contributed by atoms with van der Waals surface area (Å²) >= 11 is 0. The smallest absolute Gasteiger partial charge is 0.243 e. The number of carbonyl (C=O) groups is 1. The van der Waals surface area contributed by atoms with Crippen molar-refractivity contribution < 1.29 is 13.9 Å². The maximum Gasteiger partial charge on any atom is 0.243 e. The summed E-state index contributed by atoms with van der Waals surface area (Å²) in [4.78, 5) is 11.9. The first-order valence-electron chi connectivity index (χ1n) is 9.20. The van der Waals surface area contributed by atoms with Gasteiger partial charge in [0.1, 0.15) is 11.6 Å². The van der Waals surface area contributed by atoms with Crippen LogP contribution in [0.25, 0.3) is 0 Å². The molecule has 2 N–H and O–H groups in total. The van der Waals surface area contributed by atoms with Gasteiger partial charge in [0.2, 0.25) is 5.91 Å². The van der Waals surface area contributed by atoms with Crippen molar-refractivity contribution >= 4 is 17.3 Å². The second-order valence-electron chi connectivity index (χ2n) is 6.17. The van der Waals surface area contributed by atoms with E-state index in [1.54, 1.807) is 12.1 Å². The summed E-state index contributed by atoms with van der Waals surface area (Å²) in [5, 5.41) is 5.57. The minimum absolute atomic E-state index is 0.0504. The van der Waals surface area contributed by atoms with Gasteiger partial charge in [0, 0.05) is 11.8 Å². The van der Waals surface area contributed by atoms with Gasteiger partial charge in [0.15, 0.2) is 0 Å². The van der Waals surface area contributed by atoms with Crippen molar-refractivity contribution in [3.63, 3.8) is 0 Å². The van der Waals surface area contributed by atoms with E-state index in [1.807, 2.05) is 24.3 Å². The normalized spacial score (nSPS) is 10.4. The number of ether oxygens (including phenoxy) is 1. The first-order chi connectivity index (χ1) is 12.7. The monoisotopic (exact) mass is 358 g/mol. The van der Waals surface area contributed by atoms with Crippen LogP contribution in [0.2, 0.25) is 0 Å². The summed E-state index contributed by atoms with van der Waals surface area (Å²) in [6.07, 6.45) is 5.98. The molecule has 2 aromatic rings. The fourth-order valence-corrected chi connectivity index (χ4v) is 2.53. The highest BCUT2D eigenvalue weighted by Crippen LogP contribution is 2.18. The van der Waals surface area contributed by atoms with Crippen LogP contribution in [0.4, 0.5) is 15.8 Å². The molecule has 0 radical (unpaired) electrons. The van der Waals surface area contributed by atoms with E-state index in [1.165, 1.54) is 37.8 Å². The molecule has 26 heavy (non-hydrogen) atoms. The molecule has 5 heteroatoms. The molecule has 0 bridgehead atoms. The molecular formula is C21H27FN2O2. The molecule has 0 aliphatic heterocycles. The number of amides is 1. The van der Waals surface area contributed by atoms with Crippen molar-refractivity contribution in [3.05, 3.63) is 54.3 Å². The predicted molar refractivity (Wildman–Crippen MR) is 104 cm³/mol. The lowest BCUT2D eigenvalue weighted by atomic mass is 10.2. The molecule has 0 aliphatic carbocycles. The maximum absolute atomic E-state index is 13.5. The Bertz CT molecular complexity index is 691. The Morgan fingerprint density at radius 1 is 1.04 bits per heavy atom. The van der Waals surface area contributed by atoms with Crippen molar-refractivity contribution in [2.75, 3.05) is 23.8 Å². The molecule has 0 fully saturated rings. The van der Waals surface area contributed by atoms with Crippen LogP contribution in [-0.2, 0) is 4.79 Å². The Labute approximate surface area is 154 Å². The van der Waals surface area contributed by atoms with E-state index >= 15 is 0 Å². The quantitative estimate of drug-likeness (QED) is 0.541. The average molecular weight is 358 g/mol. The van der Waals surface area contributed by atoms with Crippen LogP contribution in [0.3, 0.4) is 0 Å². The van der Waals surface area contributed by atoms with Crippen molar-refractivity contribution in [2.24, 2.45) is 0 Å². The molecule has 0 heterocycles. The van der Waals surface area contributed by atoms with Gasteiger partial charge in [-0.3, -0.25) is 4.79 Å². The second kappa shape index (κ2) is 11.1. The highest BCUT2D eigenvalue weighted by molar-refractivity contribution is 5.93. The lowest BCUT2D eigenvalue weighted by Gasteiger charge is -2.10. The van der Waals surface area contributed by atoms with Crippen molar-refractivity contribution in [2.45, 2.75) is 39.0 Å². The van der Waals surface area contributed by atoms with Crippen molar-refractivity contribution in [3.8, 4) is 5.75 Å². The fraction of sp³-hybridized carbons (Fsp3) is 0.381. The van der Waals surface area contributed by atoms with Crippen LogP contribution in [-0.4, -0.2) is 19.1 Å². The lowest BCUT2D eigenvalue weighted by molar-refractivity contribution is -0.114. The zero-order valence-electron chi connectivity index (χ0n) is 15.3. The van der Waals surface area contributed by atoms with Gasteiger partial charge in [-0.1, -0.05) is 50.8 Å². The Hall–Kier alpha value is -2.56. The van der Waals surface area contributed by atoms with Crippen molar-refractivity contribution in [1.29, 1.82) is 0 Å². The molecule has 0 aromatic heterocycles. The van der Waals surface area contributed by atoms with E-state index in [0.29, 0.717) is 6.61 Å². The van der Waals surface area contributed by atoms with Gasteiger partial charge < -0.3 is 15.4 Å². The summed E-state index contributed by atoms with van der Waals surface area (Å²) < 4.78 is 19.3. The topological polar surface area (TPSA) is 50.4 Å². The van der Waals surface area contributed by atoms with Crippen LogP contribution in [0, 0.1) is 5.82 Å². The van der Waals surface area contributed by atoms with Gasteiger partial charge in [0.05, 0.1) is 18.8 Å². The number of para-hydroxylation sites is 1. The van der Waals surface area contributed by atoms with E-state index in [0.717, 1.165) is 17.9 Å². The summed E-state index contributed by atoms with van der Waals surface area (Å²) in [7, 11) is 0. The molecule has 0 saturated carbocycles. The van der Waals surface area contributed by atoms with Crippen LogP contribution >= 0.6 is 0 Å². The molecule has 2 aromatic carbocycles.